The van der Waals surface area contributed by atoms with Crippen molar-refractivity contribution in [1.82, 2.24) is 4.57 Å². The van der Waals surface area contributed by atoms with Crippen LogP contribution in [0.3, 0.4) is 0 Å². The van der Waals surface area contributed by atoms with Crippen molar-refractivity contribution in [2.24, 2.45) is 5.92 Å². The Balaban J connectivity index is 2.29. The molecule has 1 N–H and O–H groups in total. The fourth-order valence-corrected chi connectivity index (χ4v) is 2.30. The van der Waals surface area contributed by atoms with E-state index in [4.69, 9.17) is 0 Å². The van der Waals surface area contributed by atoms with Crippen LogP contribution in [0, 0.1) is 11.7 Å². The number of hydrogen-bond donors (Lipinski definition) is 1. The lowest BCUT2D eigenvalue weighted by Crippen LogP contribution is -2.08. The highest BCUT2D eigenvalue weighted by Gasteiger charge is 2.13. The van der Waals surface area contributed by atoms with E-state index >= 15 is 0 Å². The molecule has 0 unspecified atom stereocenters. The zero-order valence-corrected chi connectivity index (χ0v) is 11.6. The smallest absolute Gasteiger partial charge is 0.352 e. The molecule has 1 aromatic heterocycles. The van der Waals surface area contributed by atoms with Crippen LogP contribution in [0.4, 0.5) is 4.39 Å². The third kappa shape index (κ3) is 3.47. The van der Waals surface area contributed by atoms with E-state index in [0.29, 0.717) is 12.5 Å². The summed E-state index contributed by atoms with van der Waals surface area (Å²) in [6, 6.07) is 7.91. The molecule has 0 aliphatic heterocycles. The number of rotatable bonds is 5. The summed E-state index contributed by atoms with van der Waals surface area (Å²) in [5.41, 5.74) is 1.98. The maximum Gasteiger partial charge on any atom is 0.352 e. The van der Waals surface area contributed by atoms with Crippen molar-refractivity contribution in [2.75, 3.05) is 0 Å². The molecule has 0 saturated carbocycles. The van der Waals surface area contributed by atoms with Gasteiger partial charge in [-0.2, -0.15) is 0 Å². The summed E-state index contributed by atoms with van der Waals surface area (Å²) in [6.45, 7) is 4.53. The molecule has 0 fully saturated rings. The number of carboxylic acid groups (broad SMARTS) is 1. The molecule has 0 saturated heterocycles. The number of hydrogen-bond acceptors (Lipinski definition) is 1. The first-order valence-electron chi connectivity index (χ1n) is 6.62. The third-order valence-corrected chi connectivity index (χ3v) is 3.06. The molecule has 0 spiro atoms. The van der Waals surface area contributed by atoms with Gasteiger partial charge in [-0.3, -0.25) is 0 Å². The Morgan fingerprint density at radius 3 is 2.65 bits per heavy atom. The molecule has 3 nitrogen and oxygen atoms in total. The van der Waals surface area contributed by atoms with Crippen LogP contribution in [0.15, 0.2) is 36.5 Å². The highest BCUT2D eigenvalue weighted by molar-refractivity contribution is 5.86. The molecular formula is C16H18FNO2. The van der Waals surface area contributed by atoms with Crippen molar-refractivity contribution in [3.05, 3.63) is 59.2 Å². The zero-order valence-electron chi connectivity index (χ0n) is 11.6. The fraction of sp³-hybridized carbons (Fsp3) is 0.312. The predicted octanol–water partition coefficient (Wildman–Crippen LogP) is 3.57. The summed E-state index contributed by atoms with van der Waals surface area (Å²) in [4.78, 5) is 11.3. The summed E-state index contributed by atoms with van der Waals surface area (Å²) in [5, 5.41) is 9.25. The fourth-order valence-electron chi connectivity index (χ4n) is 2.30. The number of carbonyl (C=O) groups is 1. The van der Waals surface area contributed by atoms with Crippen molar-refractivity contribution in [3.63, 3.8) is 0 Å². The number of benzene rings is 1. The predicted molar refractivity (Wildman–Crippen MR) is 75.4 cm³/mol. The summed E-state index contributed by atoms with van der Waals surface area (Å²) in [5.74, 6) is -0.813. The Hall–Kier alpha value is -2.10. The number of nitrogens with zero attached hydrogens (tertiary/aromatic N) is 1. The monoisotopic (exact) mass is 275 g/mol. The standard InChI is InChI=1S/C16H18FNO2/c1-11(2)6-13-8-15(16(19)20)18(10-13)9-12-4-3-5-14(17)7-12/h3-5,7-8,10-11H,6,9H2,1-2H3,(H,19,20). The van der Waals surface area contributed by atoms with Gasteiger partial charge in [-0.25, -0.2) is 9.18 Å². The number of aromatic carboxylic acids is 1. The molecule has 0 aliphatic rings. The van der Waals surface area contributed by atoms with E-state index in [2.05, 4.69) is 13.8 Å². The number of aromatic nitrogens is 1. The average molecular weight is 275 g/mol. The largest absolute Gasteiger partial charge is 0.477 e. The van der Waals surface area contributed by atoms with E-state index in [1.54, 1.807) is 22.8 Å². The van der Waals surface area contributed by atoms with Crippen LogP contribution >= 0.6 is 0 Å². The van der Waals surface area contributed by atoms with Gasteiger partial charge in [-0.15, -0.1) is 0 Å². The molecule has 2 aromatic rings. The van der Waals surface area contributed by atoms with Gasteiger partial charge in [0.15, 0.2) is 0 Å². The summed E-state index contributed by atoms with van der Waals surface area (Å²) in [7, 11) is 0. The molecule has 0 aliphatic carbocycles. The second kappa shape index (κ2) is 5.90. The van der Waals surface area contributed by atoms with Crippen molar-refractivity contribution >= 4 is 5.97 Å². The Bertz CT molecular complexity index is 617. The van der Waals surface area contributed by atoms with Crippen LogP contribution in [-0.2, 0) is 13.0 Å². The summed E-state index contributed by atoms with van der Waals surface area (Å²) >= 11 is 0. The van der Waals surface area contributed by atoms with Crippen LogP contribution in [0.1, 0.15) is 35.5 Å². The minimum Gasteiger partial charge on any atom is -0.477 e. The van der Waals surface area contributed by atoms with Crippen LogP contribution in [0.2, 0.25) is 0 Å². The van der Waals surface area contributed by atoms with Gasteiger partial charge >= 0.3 is 5.97 Å². The molecule has 1 heterocycles. The van der Waals surface area contributed by atoms with E-state index in [0.717, 1.165) is 17.5 Å². The second-order valence-electron chi connectivity index (χ2n) is 5.39. The quantitative estimate of drug-likeness (QED) is 0.906. The Kier molecular flexibility index (Phi) is 4.23. The van der Waals surface area contributed by atoms with Crippen molar-refractivity contribution < 1.29 is 14.3 Å². The molecule has 20 heavy (non-hydrogen) atoms. The highest BCUT2D eigenvalue weighted by Crippen LogP contribution is 2.16. The highest BCUT2D eigenvalue weighted by atomic mass is 19.1. The van der Waals surface area contributed by atoms with E-state index < -0.39 is 5.97 Å². The molecule has 2 rings (SSSR count). The van der Waals surface area contributed by atoms with Crippen molar-refractivity contribution in [2.45, 2.75) is 26.8 Å². The number of halogens is 1. The van der Waals surface area contributed by atoms with E-state index in [1.807, 2.05) is 6.20 Å². The molecule has 0 bridgehead atoms. The van der Waals surface area contributed by atoms with E-state index in [1.165, 1.54) is 12.1 Å². The van der Waals surface area contributed by atoms with E-state index in [9.17, 15) is 14.3 Å². The topological polar surface area (TPSA) is 42.2 Å². The van der Waals surface area contributed by atoms with Gasteiger partial charge in [-0.05, 0) is 41.7 Å². The Morgan fingerprint density at radius 1 is 1.30 bits per heavy atom. The molecule has 4 heteroatoms. The summed E-state index contributed by atoms with van der Waals surface area (Å²) < 4.78 is 14.8. The Labute approximate surface area is 117 Å². The maximum absolute atomic E-state index is 13.2. The lowest BCUT2D eigenvalue weighted by Gasteiger charge is -2.06. The minimum absolute atomic E-state index is 0.241. The van der Waals surface area contributed by atoms with Gasteiger partial charge in [0.25, 0.3) is 0 Å². The normalized spacial score (nSPS) is 11.0. The van der Waals surface area contributed by atoms with Gasteiger partial charge in [0, 0.05) is 12.7 Å². The second-order valence-corrected chi connectivity index (χ2v) is 5.39. The van der Waals surface area contributed by atoms with Crippen LogP contribution < -0.4 is 0 Å². The van der Waals surface area contributed by atoms with Gasteiger partial charge in [0.05, 0.1) is 0 Å². The van der Waals surface area contributed by atoms with Gasteiger partial charge in [0.1, 0.15) is 11.5 Å². The molecule has 0 amide bonds. The minimum atomic E-state index is -0.962. The maximum atomic E-state index is 13.2. The first-order valence-corrected chi connectivity index (χ1v) is 6.62. The molecular weight excluding hydrogens is 257 g/mol. The third-order valence-electron chi connectivity index (χ3n) is 3.06. The molecule has 0 radical (unpaired) electrons. The molecule has 106 valence electrons. The van der Waals surface area contributed by atoms with Crippen molar-refractivity contribution in [1.29, 1.82) is 0 Å². The summed E-state index contributed by atoms with van der Waals surface area (Å²) in [6.07, 6.45) is 2.67. The SMILES string of the molecule is CC(C)Cc1cc(C(=O)O)n(Cc2cccc(F)c2)c1. The van der Waals surface area contributed by atoms with Gasteiger partial charge in [0.2, 0.25) is 0 Å². The first kappa shape index (κ1) is 14.3. The average Bonchev–Trinajstić information content (AvgIpc) is 2.71. The lowest BCUT2D eigenvalue weighted by atomic mass is 10.1. The number of carboxylic acids is 1. The molecule has 0 atom stereocenters. The first-order chi connectivity index (χ1) is 9.45. The van der Waals surface area contributed by atoms with Crippen LogP contribution in [0.5, 0.6) is 0 Å². The Morgan fingerprint density at radius 2 is 2.05 bits per heavy atom. The van der Waals surface area contributed by atoms with Gasteiger partial charge < -0.3 is 9.67 Å². The van der Waals surface area contributed by atoms with Crippen LogP contribution in [0.25, 0.3) is 0 Å². The lowest BCUT2D eigenvalue weighted by molar-refractivity contribution is 0.0685. The zero-order chi connectivity index (χ0) is 14.7. The molecule has 1 aromatic carbocycles. The van der Waals surface area contributed by atoms with Crippen LogP contribution in [-0.4, -0.2) is 15.6 Å². The van der Waals surface area contributed by atoms with Gasteiger partial charge in [-0.1, -0.05) is 26.0 Å². The van der Waals surface area contributed by atoms with Crippen molar-refractivity contribution in [3.8, 4) is 0 Å². The van der Waals surface area contributed by atoms with E-state index in [-0.39, 0.29) is 11.5 Å².